The number of morpholine rings is 1. The number of nitrogens with zero attached hydrogens (tertiary/aromatic N) is 3. The van der Waals surface area contributed by atoms with E-state index in [0.29, 0.717) is 34.8 Å². The van der Waals surface area contributed by atoms with Crippen LogP contribution in [0.3, 0.4) is 0 Å². The van der Waals surface area contributed by atoms with Crippen LogP contribution in [0.15, 0.2) is 57.2 Å². The molecule has 2 aromatic carbocycles. The molecule has 0 spiro atoms. The van der Waals surface area contributed by atoms with Crippen molar-refractivity contribution in [3.8, 4) is 0 Å². The fourth-order valence-electron chi connectivity index (χ4n) is 4.23. The van der Waals surface area contributed by atoms with Crippen LogP contribution in [0.4, 0.5) is 0 Å². The molecule has 3 aromatic rings. The van der Waals surface area contributed by atoms with Gasteiger partial charge < -0.3 is 14.0 Å². The molecule has 1 amide bonds. The van der Waals surface area contributed by atoms with Gasteiger partial charge in [-0.2, -0.15) is 9.30 Å². The Morgan fingerprint density at radius 2 is 1.71 bits per heavy atom. The first kappa shape index (κ1) is 28.5. The maximum absolute atomic E-state index is 13.1. The molecule has 2 heterocycles. The second kappa shape index (κ2) is 11.3. The van der Waals surface area contributed by atoms with E-state index in [0.717, 1.165) is 11.3 Å². The number of sulfonamides is 2. The Morgan fingerprint density at radius 1 is 1.08 bits per heavy atom. The highest BCUT2D eigenvalue weighted by Crippen LogP contribution is 2.23. The lowest BCUT2D eigenvalue weighted by Crippen LogP contribution is -2.48. The highest BCUT2D eigenvalue weighted by Gasteiger charge is 2.32. The lowest BCUT2D eigenvalue weighted by atomic mass is 10.2. The zero-order chi connectivity index (χ0) is 27.7. The largest absolute Gasteiger partial charge is 0.380 e. The average Bonchev–Trinajstić information content (AvgIpc) is 3.19. The molecule has 0 unspecified atom stereocenters. The third kappa shape index (κ3) is 6.22. The van der Waals surface area contributed by atoms with Crippen LogP contribution >= 0.6 is 11.3 Å². The summed E-state index contributed by atoms with van der Waals surface area (Å²) in [5, 5.41) is 5.27. The molecule has 1 aliphatic rings. The Kier molecular flexibility index (Phi) is 8.52. The van der Waals surface area contributed by atoms with Gasteiger partial charge in [0.2, 0.25) is 20.0 Å². The summed E-state index contributed by atoms with van der Waals surface area (Å²) >= 11 is 1.15. The minimum Gasteiger partial charge on any atom is -0.380 e. The van der Waals surface area contributed by atoms with Crippen LogP contribution in [0, 0.1) is 0 Å². The molecule has 2 atom stereocenters. The predicted molar refractivity (Wildman–Crippen MR) is 143 cm³/mol. The van der Waals surface area contributed by atoms with E-state index in [9.17, 15) is 21.6 Å². The summed E-state index contributed by atoms with van der Waals surface area (Å²) in [6.45, 7) is 7.30. The summed E-state index contributed by atoms with van der Waals surface area (Å²) in [5.74, 6) is -0.564. The standard InChI is InChI=1S/C24H30N4O7S3/c1-4-34-12-11-28-21-10-9-20(37(25,30)31)13-22(21)36-24(28)26-23(29)18-5-7-19(8-6-18)38(32,33)27-14-16(2)35-17(3)15-27/h5-10,13,16-17H,4,11-12,14-15H2,1-3H3,(H2,25,30,31)/t16-,17-/m0/s1. The molecular weight excluding hydrogens is 552 g/mol. The number of carbonyl (C=O) groups is 1. The highest BCUT2D eigenvalue weighted by atomic mass is 32.2. The van der Waals surface area contributed by atoms with Gasteiger partial charge >= 0.3 is 0 Å². The number of hydrogen-bond acceptors (Lipinski definition) is 8. The third-order valence-electron chi connectivity index (χ3n) is 5.97. The number of aromatic nitrogens is 1. The van der Waals surface area contributed by atoms with Crippen LogP contribution in [0.25, 0.3) is 10.2 Å². The van der Waals surface area contributed by atoms with Crippen molar-refractivity contribution in [1.29, 1.82) is 0 Å². The Morgan fingerprint density at radius 3 is 2.32 bits per heavy atom. The molecule has 14 heteroatoms. The van der Waals surface area contributed by atoms with Crippen LogP contribution in [-0.4, -0.2) is 70.1 Å². The van der Waals surface area contributed by atoms with Crippen molar-refractivity contribution in [2.75, 3.05) is 26.3 Å². The Bertz CT molecular complexity index is 1600. The normalized spacial score (nSPS) is 19.7. The van der Waals surface area contributed by atoms with E-state index in [2.05, 4.69) is 4.99 Å². The topological polar surface area (TPSA) is 150 Å². The van der Waals surface area contributed by atoms with E-state index < -0.39 is 26.0 Å². The molecule has 1 fully saturated rings. The number of amides is 1. The van der Waals surface area contributed by atoms with E-state index in [1.807, 2.05) is 20.8 Å². The lowest BCUT2D eigenvalue weighted by Gasteiger charge is -2.34. The fourth-order valence-corrected chi connectivity index (χ4v) is 7.53. The van der Waals surface area contributed by atoms with Crippen molar-refractivity contribution in [3.05, 3.63) is 52.8 Å². The van der Waals surface area contributed by atoms with Crippen molar-refractivity contribution in [2.24, 2.45) is 10.1 Å². The smallest absolute Gasteiger partial charge is 0.279 e. The Hall–Kier alpha value is -2.46. The van der Waals surface area contributed by atoms with Gasteiger partial charge in [0.15, 0.2) is 4.80 Å². The number of fused-ring (bicyclic) bond motifs is 1. The van der Waals surface area contributed by atoms with Gasteiger partial charge in [-0.1, -0.05) is 11.3 Å². The van der Waals surface area contributed by atoms with Gasteiger partial charge in [0.05, 0.1) is 38.8 Å². The molecule has 0 radical (unpaired) electrons. The van der Waals surface area contributed by atoms with Gasteiger partial charge in [0, 0.05) is 31.8 Å². The number of nitrogens with two attached hydrogens (primary N) is 1. The lowest BCUT2D eigenvalue weighted by molar-refractivity contribution is -0.0440. The molecule has 4 rings (SSSR count). The number of hydrogen-bond donors (Lipinski definition) is 1. The summed E-state index contributed by atoms with van der Waals surface area (Å²) in [6.07, 6.45) is -0.435. The average molecular weight is 583 g/mol. The summed E-state index contributed by atoms with van der Waals surface area (Å²) in [6, 6.07) is 10.1. The second-order valence-corrected chi connectivity index (χ2v) is 13.4. The van der Waals surface area contributed by atoms with Crippen molar-refractivity contribution in [1.82, 2.24) is 8.87 Å². The molecule has 1 aromatic heterocycles. The zero-order valence-electron chi connectivity index (χ0n) is 21.2. The van der Waals surface area contributed by atoms with E-state index in [4.69, 9.17) is 14.6 Å². The first-order chi connectivity index (χ1) is 17.9. The van der Waals surface area contributed by atoms with Gasteiger partial charge in [-0.05, 0) is 63.2 Å². The van der Waals surface area contributed by atoms with Crippen molar-refractivity contribution >= 4 is 47.5 Å². The van der Waals surface area contributed by atoms with Crippen LogP contribution in [0.5, 0.6) is 0 Å². The van der Waals surface area contributed by atoms with E-state index in [1.54, 1.807) is 10.6 Å². The van der Waals surface area contributed by atoms with Crippen molar-refractivity contribution < 1.29 is 31.1 Å². The van der Waals surface area contributed by atoms with Gasteiger partial charge in [0.25, 0.3) is 5.91 Å². The number of ether oxygens (including phenoxy) is 2. The minimum absolute atomic E-state index is 0.0399. The summed E-state index contributed by atoms with van der Waals surface area (Å²) in [5.41, 5.74) is 0.899. The summed E-state index contributed by atoms with van der Waals surface area (Å²) in [4.78, 5) is 17.7. The van der Waals surface area contributed by atoms with Crippen molar-refractivity contribution in [3.63, 3.8) is 0 Å². The van der Waals surface area contributed by atoms with Crippen LogP contribution < -0.4 is 9.94 Å². The molecule has 38 heavy (non-hydrogen) atoms. The molecule has 206 valence electrons. The van der Waals surface area contributed by atoms with Crippen LogP contribution in [-0.2, 0) is 36.1 Å². The molecular formula is C24H30N4O7S3. The van der Waals surface area contributed by atoms with Gasteiger partial charge in [-0.15, -0.1) is 0 Å². The first-order valence-corrected chi connectivity index (χ1v) is 15.8. The van der Waals surface area contributed by atoms with Gasteiger partial charge in [0.1, 0.15) is 0 Å². The first-order valence-electron chi connectivity index (χ1n) is 12.0. The van der Waals surface area contributed by atoms with E-state index in [-0.39, 0.29) is 40.7 Å². The monoisotopic (exact) mass is 582 g/mol. The number of primary sulfonamides is 1. The van der Waals surface area contributed by atoms with E-state index in [1.165, 1.54) is 40.7 Å². The SMILES string of the molecule is CCOCCn1c(=NC(=O)c2ccc(S(=O)(=O)N3C[C@H](C)O[C@@H](C)C3)cc2)sc2cc(S(N)(=O)=O)ccc21. The predicted octanol–water partition coefficient (Wildman–Crippen LogP) is 1.93. The highest BCUT2D eigenvalue weighted by molar-refractivity contribution is 7.89. The molecule has 1 aliphatic heterocycles. The quantitative estimate of drug-likeness (QED) is 0.399. The van der Waals surface area contributed by atoms with Gasteiger partial charge in [-0.25, -0.2) is 22.0 Å². The third-order valence-corrected chi connectivity index (χ3v) is 9.77. The zero-order valence-corrected chi connectivity index (χ0v) is 23.7. The maximum atomic E-state index is 13.1. The fraction of sp³-hybridized carbons (Fsp3) is 0.417. The maximum Gasteiger partial charge on any atom is 0.279 e. The summed E-state index contributed by atoms with van der Waals surface area (Å²) in [7, 11) is -7.65. The summed E-state index contributed by atoms with van der Waals surface area (Å²) < 4.78 is 64.7. The number of carbonyl (C=O) groups excluding carboxylic acids is 1. The number of benzene rings is 2. The second-order valence-electron chi connectivity index (χ2n) is 8.93. The Labute approximate surface area is 225 Å². The van der Waals surface area contributed by atoms with Crippen molar-refractivity contribution in [2.45, 2.75) is 49.3 Å². The Balaban J connectivity index is 1.66. The van der Waals surface area contributed by atoms with Crippen LogP contribution in [0.1, 0.15) is 31.1 Å². The van der Waals surface area contributed by atoms with Gasteiger partial charge in [-0.3, -0.25) is 4.79 Å². The molecule has 0 aliphatic carbocycles. The molecule has 2 N–H and O–H groups in total. The molecule has 0 bridgehead atoms. The minimum atomic E-state index is -3.90. The van der Waals surface area contributed by atoms with Crippen LogP contribution in [0.2, 0.25) is 0 Å². The van der Waals surface area contributed by atoms with E-state index >= 15 is 0 Å². The molecule has 1 saturated heterocycles. The molecule has 0 saturated carbocycles. The number of thiazole rings is 1. The number of rotatable bonds is 8. The molecule has 11 nitrogen and oxygen atoms in total.